The Labute approximate surface area is 162 Å². The third-order valence-electron chi connectivity index (χ3n) is 5.01. The van der Waals surface area contributed by atoms with Crippen molar-refractivity contribution in [3.63, 3.8) is 0 Å². The maximum atomic E-state index is 13.0. The second-order valence-corrected chi connectivity index (χ2v) is 7.78. The normalized spacial score (nSPS) is 17.1. The number of amides is 1. The summed E-state index contributed by atoms with van der Waals surface area (Å²) in [5, 5.41) is 6.43. The molecule has 5 nitrogen and oxygen atoms in total. The van der Waals surface area contributed by atoms with Crippen LogP contribution in [0, 0.1) is 5.92 Å². The van der Waals surface area contributed by atoms with Crippen LogP contribution in [-0.2, 0) is 7.05 Å². The second-order valence-electron chi connectivity index (χ2n) is 6.84. The van der Waals surface area contributed by atoms with Gasteiger partial charge < -0.3 is 4.90 Å². The molecule has 0 saturated carbocycles. The van der Waals surface area contributed by atoms with E-state index in [4.69, 9.17) is 0 Å². The molecule has 1 amide bonds. The molecule has 3 heterocycles. The number of benzene rings is 1. The zero-order valence-corrected chi connectivity index (χ0v) is 16.0. The number of aromatic nitrogens is 2. The third-order valence-corrected chi connectivity index (χ3v) is 5.90. The van der Waals surface area contributed by atoms with Crippen LogP contribution in [0.1, 0.15) is 33.7 Å². The van der Waals surface area contributed by atoms with Gasteiger partial charge in [-0.3, -0.25) is 14.3 Å². The molecular formula is C21H21N3O2S. The van der Waals surface area contributed by atoms with E-state index in [1.807, 2.05) is 61.0 Å². The van der Waals surface area contributed by atoms with Crippen LogP contribution >= 0.6 is 11.3 Å². The molecule has 0 radical (unpaired) electrons. The third kappa shape index (κ3) is 3.57. The molecule has 1 aliphatic rings. The number of hydrogen-bond donors (Lipinski definition) is 0. The van der Waals surface area contributed by atoms with Gasteiger partial charge in [0.2, 0.25) is 0 Å². The number of piperidine rings is 1. The number of hydrogen-bond acceptors (Lipinski definition) is 4. The van der Waals surface area contributed by atoms with E-state index < -0.39 is 0 Å². The predicted octanol–water partition coefficient (Wildman–Crippen LogP) is 3.88. The van der Waals surface area contributed by atoms with Crippen LogP contribution in [0.4, 0.5) is 0 Å². The molecule has 0 N–H and O–H groups in total. The number of carbonyl (C=O) groups is 2. The first kappa shape index (κ1) is 17.7. The number of nitrogens with zero attached hydrogens (tertiary/aromatic N) is 3. The molecule has 1 fully saturated rings. The first-order valence-corrected chi connectivity index (χ1v) is 9.98. The van der Waals surface area contributed by atoms with Crippen molar-refractivity contribution in [1.29, 1.82) is 0 Å². The first-order chi connectivity index (χ1) is 13.1. The monoisotopic (exact) mass is 379 g/mol. The van der Waals surface area contributed by atoms with E-state index in [-0.39, 0.29) is 17.6 Å². The van der Waals surface area contributed by atoms with E-state index in [1.54, 1.807) is 20.9 Å². The van der Waals surface area contributed by atoms with E-state index in [0.717, 1.165) is 29.0 Å². The van der Waals surface area contributed by atoms with Gasteiger partial charge in [0.25, 0.3) is 5.91 Å². The Kier molecular flexibility index (Phi) is 4.90. The smallest absolute Gasteiger partial charge is 0.274 e. The van der Waals surface area contributed by atoms with Gasteiger partial charge in [0.1, 0.15) is 0 Å². The zero-order valence-electron chi connectivity index (χ0n) is 15.2. The minimum Gasteiger partial charge on any atom is -0.337 e. The molecule has 3 aromatic rings. The van der Waals surface area contributed by atoms with E-state index in [2.05, 4.69) is 5.10 Å². The van der Waals surface area contributed by atoms with Gasteiger partial charge in [-0.05, 0) is 30.4 Å². The summed E-state index contributed by atoms with van der Waals surface area (Å²) in [5.74, 6) is -0.127. The lowest BCUT2D eigenvalue weighted by atomic mass is 9.90. The molecule has 2 aromatic heterocycles. The summed E-state index contributed by atoms with van der Waals surface area (Å²) in [5.41, 5.74) is 2.09. The van der Waals surface area contributed by atoms with Gasteiger partial charge in [-0.15, -0.1) is 11.3 Å². The molecule has 0 bridgehead atoms. The summed E-state index contributed by atoms with van der Waals surface area (Å²) < 4.78 is 1.75. The van der Waals surface area contributed by atoms with Crippen LogP contribution in [0.15, 0.2) is 53.9 Å². The number of rotatable bonds is 4. The lowest BCUT2D eigenvalue weighted by Crippen LogP contribution is -2.42. The van der Waals surface area contributed by atoms with Crippen LogP contribution in [0.2, 0.25) is 0 Å². The average Bonchev–Trinajstić information content (AvgIpc) is 3.37. The molecule has 4 rings (SSSR count). The highest BCUT2D eigenvalue weighted by Gasteiger charge is 2.30. The van der Waals surface area contributed by atoms with Crippen molar-refractivity contribution in [2.45, 2.75) is 12.8 Å². The van der Waals surface area contributed by atoms with Crippen molar-refractivity contribution >= 4 is 23.0 Å². The van der Waals surface area contributed by atoms with E-state index in [1.165, 1.54) is 0 Å². The zero-order chi connectivity index (χ0) is 18.8. The molecule has 1 aliphatic heterocycles. The Bertz CT molecular complexity index is 947. The molecule has 6 heteroatoms. The van der Waals surface area contributed by atoms with Crippen molar-refractivity contribution in [2.75, 3.05) is 13.1 Å². The molecular weight excluding hydrogens is 358 g/mol. The van der Waals surface area contributed by atoms with Crippen molar-refractivity contribution in [1.82, 2.24) is 14.7 Å². The van der Waals surface area contributed by atoms with Crippen LogP contribution in [-0.4, -0.2) is 39.5 Å². The van der Waals surface area contributed by atoms with Crippen LogP contribution < -0.4 is 0 Å². The standard InChI is InChI=1S/C21H21N3O2S/c1-23-18(19-10-6-12-27-19)13-17(22-23)21(26)24-11-5-9-16(14-24)20(25)15-7-3-2-4-8-15/h2-4,6-8,10,12-13,16H,5,9,11,14H2,1H3. The topological polar surface area (TPSA) is 55.2 Å². The van der Waals surface area contributed by atoms with Crippen molar-refractivity contribution in [3.05, 3.63) is 65.2 Å². The lowest BCUT2D eigenvalue weighted by Gasteiger charge is -2.31. The number of aryl methyl sites for hydroxylation is 1. The fourth-order valence-electron chi connectivity index (χ4n) is 3.60. The maximum Gasteiger partial charge on any atom is 0.274 e. The number of ketones is 1. The quantitative estimate of drug-likeness (QED) is 0.647. The highest BCUT2D eigenvalue weighted by molar-refractivity contribution is 7.13. The van der Waals surface area contributed by atoms with Gasteiger partial charge in [-0.25, -0.2) is 0 Å². The van der Waals surface area contributed by atoms with Crippen LogP contribution in [0.3, 0.4) is 0 Å². The fraction of sp³-hybridized carbons (Fsp3) is 0.286. The van der Waals surface area contributed by atoms with E-state index in [9.17, 15) is 9.59 Å². The van der Waals surface area contributed by atoms with Gasteiger partial charge in [-0.1, -0.05) is 36.4 Å². The van der Waals surface area contributed by atoms with Gasteiger partial charge in [-0.2, -0.15) is 5.10 Å². The molecule has 27 heavy (non-hydrogen) atoms. The van der Waals surface area contributed by atoms with Crippen LogP contribution in [0.25, 0.3) is 10.6 Å². The first-order valence-electron chi connectivity index (χ1n) is 9.10. The Balaban J connectivity index is 1.51. The lowest BCUT2D eigenvalue weighted by molar-refractivity contribution is 0.0631. The summed E-state index contributed by atoms with van der Waals surface area (Å²) in [6.45, 7) is 1.12. The second kappa shape index (κ2) is 7.48. The minimum atomic E-state index is -0.148. The number of likely N-dealkylation sites (tertiary alicyclic amines) is 1. The predicted molar refractivity (Wildman–Crippen MR) is 106 cm³/mol. The molecule has 0 aliphatic carbocycles. The molecule has 1 aromatic carbocycles. The highest BCUT2D eigenvalue weighted by Crippen LogP contribution is 2.26. The van der Waals surface area contributed by atoms with Crippen molar-refractivity contribution in [2.24, 2.45) is 13.0 Å². The molecule has 0 spiro atoms. The average molecular weight is 379 g/mol. The summed E-state index contributed by atoms with van der Waals surface area (Å²) in [7, 11) is 1.85. The summed E-state index contributed by atoms with van der Waals surface area (Å²) in [6.07, 6.45) is 1.65. The minimum absolute atomic E-state index is 0.0982. The number of Topliss-reactive ketones (excluding diaryl/α,β-unsaturated/α-hetero) is 1. The van der Waals surface area contributed by atoms with E-state index >= 15 is 0 Å². The highest BCUT2D eigenvalue weighted by atomic mass is 32.1. The maximum absolute atomic E-state index is 13.0. The van der Waals surface area contributed by atoms with Crippen molar-refractivity contribution < 1.29 is 9.59 Å². The Morgan fingerprint density at radius 3 is 2.70 bits per heavy atom. The molecule has 1 unspecified atom stereocenters. The van der Waals surface area contributed by atoms with Gasteiger partial charge >= 0.3 is 0 Å². The number of thiophene rings is 1. The van der Waals surface area contributed by atoms with Gasteiger partial charge in [0.15, 0.2) is 11.5 Å². The van der Waals surface area contributed by atoms with E-state index in [0.29, 0.717) is 18.8 Å². The SMILES string of the molecule is Cn1nc(C(=O)N2CCCC(C(=O)c3ccccc3)C2)cc1-c1cccs1. The fourth-order valence-corrected chi connectivity index (χ4v) is 4.38. The van der Waals surface area contributed by atoms with Gasteiger partial charge in [0.05, 0.1) is 10.6 Å². The Morgan fingerprint density at radius 1 is 1.15 bits per heavy atom. The molecule has 1 atom stereocenters. The summed E-state index contributed by atoms with van der Waals surface area (Å²) in [6, 6.07) is 15.2. The van der Waals surface area contributed by atoms with Crippen molar-refractivity contribution in [3.8, 4) is 10.6 Å². The van der Waals surface area contributed by atoms with Crippen LogP contribution in [0.5, 0.6) is 0 Å². The summed E-state index contributed by atoms with van der Waals surface area (Å²) in [4.78, 5) is 28.6. The molecule has 1 saturated heterocycles. The molecule has 138 valence electrons. The largest absolute Gasteiger partial charge is 0.337 e. The Morgan fingerprint density at radius 2 is 1.96 bits per heavy atom. The summed E-state index contributed by atoms with van der Waals surface area (Å²) >= 11 is 1.62. The van der Waals surface area contributed by atoms with Gasteiger partial charge in [0, 0.05) is 31.6 Å². The number of carbonyl (C=O) groups excluding carboxylic acids is 2. The Hall–Kier alpha value is -2.73.